The molecule has 0 bridgehead atoms. The lowest BCUT2D eigenvalue weighted by Crippen LogP contribution is -2.29. The molecule has 0 saturated carbocycles. The number of hydrogen-bond donors (Lipinski definition) is 0. The Hall–Kier alpha value is -3.19. The summed E-state index contributed by atoms with van der Waals surface area (Å²) in [5.74, 6) is 1.10. The molecule has 1 amide bonds. The Morgan fingerprint density at radius 3 is 2.73 bits per heavy atom. The van der Waals surface area contributed by atoms with Crippen molar-refractivity contribution in [2.75, 3.05) is 0 Å². The molecule has 0 unspecified atom stereocenters. The van der Waals surface area contributed by atoms with Crippen LogP contribution in [-0.4, -0.2) is 15.8 Å². The predicted molar refractivity (Wildman–Crippen MR) is 112 cm³/mol. The second-order valence-electron chi connectivity index (χ2n) is 6.94. The molecule has 1 aromatic carbocycles. The molecule has 7 heteroatoms. The van der Waals surface area contributed by atoms with E-state index in [1.807, 2.05) is 31.2 Å². The summed E-state index contributed by atoms with van der Waals surface area (Å²) in [7, 11) is 0. The van der Waals surface area contributed by atoms with Gasteiger partial charge in [-0.1, -0.05) is 12.1 Å². The van der Waals surface area contributed by atoms with Crippen LogP contribution in [0.2, 0.25) is 0 Å². The van der Waals surface area contributed by atoms with E-state index < -0.39 is 0 Å². The average molecular weight is 424 g/mol. The molecule has 0 aliphatic rings. The highest BCUT2D eigenvalue weighted by Crippen LogP contribution is 2.24. The van der Waals surface area contributed by atoms with Crippen LogP contribution in [0.3, 0.4) is 0 Å². The van der Waals surface area contributed by atoms with E-state index >= 15 is 0 Å². The maximum Gasteiger partial charge on any atom is 0.223 e. The molecular formula is C23H21FN2O3S. The average Bonchev–Trinajstić information content (AvgIpc) is 3.49. The lowest BCUT2D eigenvalue weighted by Gasteiger charge is -2.21. The number of benzene rings is 1. The van der Waals surface area contributed by atoms with Crippen LogP contribution in [0.5, 0.6) is 0 Å². The Kier molecular flexibility index (Phi) is 6.09. The van der Waals surface area contributed by atoms with Gasteiger partial charge in [0.1, 0.15) is 11.6 Å². The molecule has 4 aromatic rings. The van der Waals surface area contributed by atoms with Gasteiger partial charge >= 0.3 is 0 Å². The van der Waals surface area contributed by atoms with Gasteiger partial charge < -0.3 is 13.7 Å². The van der Waals surface area contributed by atoms with E-state index in [4.69, 9.17) is 8.83 Å². The summed E-state index contributed by atoms with van der Waals surface area (Å²) in [6, 6.07) is 14.1. The van der Waals surface area contributed by atoms with Crippen LogP contribution in [0.25, 0.3) is 11.3 Å². The van der Waals surface area contributed by atoms with Gasteiger partial charge in [-0.25, -0.2) is 9.37 Å². The summed E-state index contributed by atoms with van der Waals surface area (Å²) in [6.45, 7) is 2.96. The normalized spacial score (nSPS) is 11.0. The topological polar surface area (TPSA) is 59.5 Å². The minimum atomic E-state index is -0.368. The quantitative estimate of drug-likeness (QED) is 0.369. The monoisotopic (exact) mass is 424 g/mol. The number of hydrogen-bond acceptors (Lipinski definition) is 5. The van der Waals surface area contributed by atoms with Crippen molar-refractivity contribution in [3.63, 3.8) is 0 Å². The Labute approximate surface area is 177 Å². The zero-order chi connectivity index (χ0) is 20.9. The lowest BCUT2D eigenvalue weighted by atomic mass is 10.2. The van der Waals surface area contributed by atoms with Gasteiger partial charge in [0.15, 0.2) is 11.7 Å². The van der Waals surface area contributed by atoms with Gasteiger partial charge in [0.05, 0.1) is 31.1 Å². The molecule has 0 N–H and O–H groups in total. The molecule has 0 spiro atoms. The minimum absolute atomic E-state index is 0.0249. The standard InChI is InChI=1S/C23H21FN2O3S/c1-16-8-9-18(30-16)15-26(14-17-5-4-12-28-17)23(27)11-10-22-25-13-21(29-22)19-6-2-3-7-20(19)24/h2-9,12-13H,10-11,14-15H2,1H3. The molecule has 0 atom stereocenters. The highest BCUT2D eigenvalue weighted by molar-refractivity contribution is 7.11. The third-order valence-electron chi connectivity index (χ3n) is 4.67. The Morgan fingerprint density at radius 2 is 2.00 bits per heavy atom. The molecule has 5 nitrogen and oxygen atoms in total. The van der Waals surface area contributed by atoms with E-state index in [0.717, 1.165) is 10.6 Å². The molecule has 3 aromatic heterocycles. The molecule has 0 aliphatic carbocycles. The zero-order valence-corrected chi connectivity index (χ0v) is 17.3. The number of aromatic nitrogens is 1. The van der Waals surface area contributed by atoms with Crippen LogP contribution in [0, 0.1) is 12.7 Å². The lowest BCUT2D eigenvalue weighted by molar-refractivity contribution is -0.132. The van der Waals surface area contributed by atoms with E-state index in [1.165, 1.54) is 17.1 Å². The molecule has 0 aliphatic heterocycles. The van der Waals surface area contributed by atoms with Gasteiger partial charge in [-0.2, -0.15) is 0 Å². The largest absolute Gasteiger partial charge is 0.467 e. The first-order valence-corrected chi connectivity index (χ1v) is 10.5. The SMILES string of the molecule is Cc1ccc(CN(Cc2ccco2)C(=O)CCc2ncc(-c3ccccc3F)o2)s1. The number of amides is 1. The molecule has 0 radical (unpaired) electrons. The summed E-state index contributed by atoms with van der Waals surface area (Å²) in [6.07, 6.45) is 3.67. The van der Waals surface area contributed by atoms with Crippen LogP contribution in [0.15, 0.2) is 69.8 Å². The van der Waals surface area contributed by atoms with Crippen LogP contribution in [-0.2, 0) is 24.3 Å². The van der Waals surface area contributed by atoms with Gasteiger partial charge in [0.2, 0.25) is 5.91 Å². The number of furan rings is 1. The molecule has 3 heterocycles. The van der Waals surface area contributed by atoms with Gasteiger partial charge in [0.25, 0.3) is 0 Å². The smallest absolute Gasteiger partial charge is 0.223 e. The fraction of sp³-hybridized carbons (Fsp3) is 0.217. The maximum atomic E-state index is 13.9. The number of carbonyl (C=O) groups excluding carboxylic acids is 1. The van der Waals surface area contributed by atoms with Crippen molar-refractivity contribution >= 4 is 17.2 Å². The van der Waals surface area contributed by atoms with E-state index in [9.17, 15) is 9.18 Å². The van der Waals surface area contributed by atoms with E-state index in [1.54, 1.807) is 40.7 Å². The minimum Gasteiger partial charge on any atom is -0.467 e. The second-order valence-corrected chi connectivity index (χ2v) is 8.31. The summed E-state index contributed by atoms with van der Waals surface area (Å²) in [5, 5.41) is 0. The fourth-order valence-electron chi connectivity index (χ4n) is 3.16. The first-order chi connectivity index (χ1) is 14.6. The third-order valence-corrected chi connectivity index (χ3v) is 5.65. The van der Waals surface area contributed by atoms with Crippen LogP contribution in [0.4, 0.5) is 4.39 Å². The maximum absolute atomic E-state index is 13.9. The van der Waals surface area contributed by atoms with Crippen molar-refractivity contribution < 1.29 is 18.0 Å². The molecule has 4 rings (SSSR count). The first-order valence-electron chi connectivity index (χ1n) is 9.63. The number of aryl methyl sites for hydroxylation is 2. The van der Waals surface area contributed by atoms with Crippen LogP contribution < -0.4 is 0 Å². The number of nitrogens with zero attached hydrogens (tertiary/aromatic N) is 2. The second kappa shape index (κ2) is 9.09. The summed E-state index contributed by atoms with van der Waals surface area (Å²) in [5.41, 5.74) is 0.357. The fourth-order valence-corrected chi connectivity index (χ4v) is 4.07. The Morgan fingerprint density at radius 1 is 1.13 bits per heavy atom. The number of rotatable bonds is 8. The van der Waals surface area contributed by atoms with Crippen molar-refractivity contribution in [2.45, 2.75) is 32.9 Å². The van der Waals surface area contributed by atoms with Crippen molar-refractivity contribution in [3.05, 3.63) is 88.2 Å². The number of halogens is 1. The van der Waals surface area contributed by atoms with Crippen molar-refractivity contribution in [2.24, 2.45) is 0 Å². The summed E-state index contributed by atoms with van der Waals surface area (Å²) in [4.78, 5) is 21.2. The highest BCUT2D eigenvalue weighted by Gasteiger charge is 2.18. The highest BCUT2D eigenvalue weighted by atomic mass is 32.1. The van der Waals surface area contributed by atoms with Crippen LogP contribution >= 0.6 is 11.3 Å². The van der Waals surface area contributed by atoms with Gasteiger partial charge in [-0.15, -0.1) is 11.3 Å². The van der Waals surface area contributed by atoms with Gasteiger partial charge in [-0.05, 0) is 43.3 Å². The molecule has 0 fully saturated rings. The summed E-state index contributed by atoms with van der Waals surface area (Å²) >= 11 is 1.67. The number of carbonyl (C=O) groups is 1. The molecular weight excluding hydrogens is 403 g/mol. The first kappa shape index (κ1) is 20.1. The van der Waals surface area contributed by atoms with Gasteiger partial charge in [-0.3, -0.25) is 4.79 Å². The zero-order valence-electron chi connectivity index (χ0n) is 16.5. The molecule has 30 heavy (non-hydrogen) atoms. The van der Waals surface area contributed by atoms with Crippen molar-refractivity contribution in [1.82, 2.24) is 9.88 Å². The van der Waals surface area contributed by atoms with E-state index in [2.05, 4.69) is 4.98 Å². The Bertz CT molecular complexity index is 1120. The van der Waals surface area contributed by atoms with Crippen molar-refractivity contribution in [1.29, 1.82) is 0 Å². The number of thiophene rings is 1. The van der Waals surface area contributed by atoms with Crippen LogP contribution in [0.1, 0.15) is 27.8 Å². The van der Waals surface area contributed by atoms with E-state index in [-0.39, 0.29) is 18.1 Å². The predicted octanol–water partition coefficient (Wildman–Crippen LogP) is 5.61. The molecule has 154 valence electrons. The molecule has 0 saturated heterocycles. The number of oxazole rings is 1. The third kappa shape index (κ3) is 4.86. The van der Waals surface area contributed by atoms with Crippen molar-refractivity contribution in [3.8, 4) is 11.3 Å². The van der Waals surface area contributed by atoms with E-state index in [0.29, 0.717) is 36.7 Å². The van der Waals surface area contributed by atoms with Gasteiger partial charge in [0, 0.05) is 22.6 Å². The Balaban J connectivity index is 1.42. The summed E-state index contributed by atoms with van der Waals surface area (Å²) < 4.78 is 25.0.